The highest BCUT2D eigenvalue weighted by molar-refractivity contribution is 6.30. The van der Waals surface area contributed by atoms with Crippen molar-refractivity contribution in [3.05, 3.63) is 113 Å². The summed E-state index contributed by atoms with van der Waals surface area (Å²) in [7, 11) is 4.01. The Morgan fingerprint density at radius 3 is 2.46 bits per heavy atom. The second kappa shape index (κ2) is 11.6. The Kier molecular flexibility index (Phi) is 7.84. The second-order valence-electron chi connectivity index (χ2n) is 9.51. The van der Waals surface area contributed by atoms with Crippen molar-refractivity contribution in [1.82, 2.24) is 14.9 Å². The summed E-state index contributed by atoms with van der Waals surface area (Å²) in [6.45, 7) is 1.10. The van der Waals surface area contributed by atoms with Gasteiger partial charge in [0.05, 0.1) is 11.2 Å². The number of amides is 1. The molecule has 0 radical (unpaired) electrons. The number of anilines is 3. The van der Waals surface area contributed by atoms with Crippen LogP contribution in [0.15, 0.2) is 91.0 Å². The number of nitrogens with one attached hydrogen (secondary N) is 2. The van der Waals surface area contributed by atoms with E-state index in [1.54, 1.807) is 12.1 Å². The van der Waals surface area contributed by atoms with Gasteiger partial charge in [-0.05, 0) is 73.8 Å². The van der Waals surface area contributed by atoms with Crippen molar-refractivity contribution in [1.29, 1.82) is 0 Å². The summed E-state index contributed by atoms with van der Waals surface area (Å²) >= 11 is 6.25. The van der Waals surface area contributed by atoms with E-state index in [4.69, 9.17) is 27.3 Å². The van der Waals surface area contributed by atoms with Crippen molar-refractivity contribution in [2.45, 2.75) is 13.1 Å². The molecule has 0 aliphatic carbocycles. The molecule has 0 fully saturated rings. The van der Waals surface area contributed by atoms with Gasteiger partial charge in [-0.15, -0.1) is 0 Å². The summed E-state index contributed by atoms with van der Waals surface area (Å²) in [6.07, 6.45) is 0. The summed E-state index contributed by atoms with van der Waals surface area (Å²) in [5, 5.41) is 7.86. The van der Waals surface area contributed by atoms with Gasteiger partial charge in [-0.3, -0.25) is 4.79 Å². The first-order chi connectivity index (χ1) is 18.9. The maximum Gasteiger partial charge on any atom is 0.255 e. The van der Waals surface area contributed by atoms with Crippen molar-refractivity contribution >= 4 is 45.7 Å². The maximum absolute atomic E-state index is 13.0. The van der Waals surface area contributed by atoms with Gasteiger partial charge in [-0.1, -0.05) is 54.1 Å². The normalized spacial score (nSPS) is 11.1. The molecule has 0 atom stereocenters. The van der Waals surface area contributed by atoms with E-state index in [-0.39, 0.29) is 5.91 Å². The van der Waals surface area contributed by atoms with Crippen LogP contribution < -0.4 is 16.4 Å². The zero-order valence-corrected chi connectivity index (χ0v) is 22.5. The summed E-state index contributed by atoms with van der Waals surface area (Å²) in [6, 6.07) is 28.6. The van der Waals surface area contributed by atoms with E-state index in [9.17, 15) is 4.79 Å². The molecular weight excluding hydrogens is 508 g/mol. The average Bonchev–Trinajstić information content (AvgIpc) is 2.93. The molecule has 0 aliphatic rings. The van der Waals surface area contributed by atoms with Crippen molar-refractivity contribution in [3.63, 3.8) is 0 Å². The molecule has 4 aromatic carbocycles. The van der Waals surface area contributed by atoms with Crippen molar-refractivity contribution in [2.24, 2.45) is 5.73 Å². The number of halogens is 1. The average molecular weight is 537 g/mol. The van der Waals surface area contributed by atoms with Gasteiger partial charge in [0.1, 0.15) is 0 Å². The first-order valence-electron chi connectivity index (χ1n) is 12.6. The van der Waals surface area contributed by atoms with Gasteiger partial charge in [0, 0.05) is 46.0 Å². The second-order valence-corrected chi connectivity index (χ2v) is 9.95. The van der Waals surface area contributed by atoms with Crippen LogP contribution in [-0.4, -0.2) is 34.9 Å². The van der Waals surface area contributed by atoms with Crippen LogP contribution in [0.3, 0.4) is 0 Å². The van der Waals surface area contributed by atoms with Crippen LogP contribution >= 0.6 is 11.6 Å². The Bertz CT molecular complexity index is 1630. The molecule has 1 amide bonds. The first-order valence-corrected chi connectivity index (χ1v) is 12.9. The Morgan fingerprint density at radius 1 is 0.923 bits per heavy atom. The molecule has 5 rings (SSSR count). The molecule has 8 heteroatoms. The minimum atomic E-state index is -0.205. The zero-order chi connectivity index (χ0) is 27.4. The van der Waals surface area contributed by atoms with Crippen molar-refractivity contribution in [3.8, 4) is 11.3 Å². The minimum Gasteiger partial charge on any atom is -0.326 e. The molecule has 0 saturated heterocycles. The van der Waals surface area contributed by atoms with Gasteiger partial charge in [0.25, 0.3) is 5.91 Å². The number of fused-ring (bicyclic) bond motifs is 1. The molecule has 5 aromatic rings. The molecule has 0 saturated carbocycles. The number of carbonyl (C=O) groups is 1. The van der Waals surface area contributed by atoms with Crippen LogP contribution in [0.5, 0.6) is 0 Å². The van der Waals surface area contributed by atoms with Gasteiger partial charge in [0.15, 0.2) is 0 Å². The third-order valence-corrected chi connectivity index (χ3v) is 6.48. The molecule has 4 N–H and O–H groups in total. The number of hydrogen-bond acceptors (Lipinski definition) is 6. The molecule has 0 spiro atoms. The largest absolute Gasteiger partial charge is 0.326 e. The number of carbonyl (C=O) groups excluding carboxylic acids is 1. The number of aromatic nitrogens is 2. The molecule has 1 aromatic heterocycles. The smallest absolute Gasteiger partial charge is 0.255 e. The number of para-hydroxylation sites is 1. The van der Waals surface area contributed by atoms with Crippen molar-refractivity contribution < 1.29 is 4.79 Å². The van der Waals surface area contributed by atoms with Gasteiger partial charge >= 0.3 is 0 Å². The van der Waals surface area contributed by atoms with E-state index in [0.717, 1.165) is 51.2 Å². The van der Waals surface area contributed by atoms with Crippen LogP contribution in [0.2, 0.25) is 5.02 Å². The quantitative estimate of drug-likeness (QED) is 0.210. The molecule has 0 unspecified atom stereocenters. The number of hydrogen-bond donors (Lipinski definition) is 3. The van der Waals surface area contributed by atoms with E-state index >= 15 is 0 Å². The third kappa shape index (κ3) is 6.23. The molecule has 196 valence electrons. The summed E-state index contributed by atoms with van der Waals surface area (Å²) < 4.78 is 0. The fourth-order valence-electron chi connectivity index (χ4n) is 4.40. The van der Waals surface area contributed by atoms with E-state index < -0.39 is 0 Å². The molecule has 1 heterocycles. The summed E-state index contributed by atoms with van der Waals surface area (Å²) in [5.74, 6) is 0.245. The lowest BCUT2D eigenvalue weighted by Gasteiger charge is -2.15. The lowest BCUT2D eigenvalue weighted by molar-refractivity contribution is 0.102. The minimum absolute atomic E-state index is 0.205. The van der Waals surface area contributed by atoms with E-state index in [1.165, 1.54) is 0 Å². The van der Waals surface area contributed by atoms with Gasteiger partial charge < -0.3 is 21.3 Å². The predicted molar refractivity (Wildman–Crippen MR) is 159 cm³/mol. The Morgan fingerprint density at radius 2 is 1.72 bits per heavy atom. The fraction of sp³-hybridized carbons (Fsp3) is 0.129. The van der Waals surface area contributed by atoms with Gasteiger partial charge in [-0.25, -0.2) is 9.97 Å². The molecular formula is C31H29ClN6O. The highest BCUT2D eigenvalue weighted by Crippen LogP contribution is 2.30. The number of nitrogens with two attached hydrogens (primary N) is 1. The predicted octanol–water partition coefficient (Wildman–Crippen LogP) is 6.47. The topological polar surface area (TPSA) is 96.2 Å². The Balaban J connectivity index is 1.37. The highest BCUT2D eigenvalue weighted by Gasteiger charge is 2.13. The van der Waals surface area contributed by atoms with E-state index in [1.807, 2.05) is 93.0 Å². The van der Waals surface area contributed by atoms with Crippen LogP contribution in [0.1, 0.15) is 21.5 Å². The number of nitrogens with zero attached hydrogens (tertiary/aromatic N) is 3. The monoisotopic (exact) mass is 536 g/mol. The lowest BCUT2D eigenvalue weighted by atomic mass is 10.1. The van der Waals surface area contributed by atoms with Crippen LogP contribution in [0.4, 0.5) is 17.3 Å². The fourth-order valence-corrected chi connectivity index (χ4v) is 4.59. The molecule has 39 heavy (non-hydrogen) atoms. The summed E-state index contributed by atoms with van der Waals surface area (Å²) in [5.41, 5.74) is 12.4. The molecule has 7 nitrogen and oxygen atoms in total. The molecule has 0 bridgehead atoms. The van der Waals surface area contributed by atoms with Crippen LogP contribution in [0, 0.1) is 0 Å². The summed E-state index contributed by atoms with van der Waals surface area (Å²) in [4.78, 5) is 24.6. The van der Waals surface area contributed by atoms with Crippen LogP contribution in [-0.2, 0) is 13.1 Å². The van der Waals surface area contributed by atoms with Crippen LogP contribution in [0.25, 0.3) is 22.2 Å². The maximum atomic E-state index is 13.0. The van der Waals surface area contributed by atoms with Crippen molar-refractivity contribution in [2.75, 3.05) is 24.7 Å². The van der Waals surface area contributed by atoms with Gasteiger partial charge in [-0.2, -0.15) is 0 Å². The Labute approximate surface area is 232 Å². The van der Waals surface area contributed by atoms with Gasteiger partial charge in [0.2, 0.25) is 5.95 Å². The SMILES string of the molecule is CN(C)Cc1ccc(CN)c(NC(=O)c2ccc(Nc3nc(-c4cccc(Cl)c4)c4ccccc4n3)cc2)c1. The standard InChI is InChI=1S/C31H29ClN6O/c1-38(2)19-20-10-11-23(18-33)28(16-20)35-30(39)21-12-14-25(15-13-21)34-31-36-27-9-4-3-8-26(27)29(37-31)22-6-5-7-24(32)17-22/h3-17H,18-19,33H2,1-2H3,(H,35,39)(H,34,36,37). The van der Waals surface area contributed by atoms with E-state index in [2.05, 4.69) is 15.5 Å². The lowest BCUT2D eigenvalue weighted by Crippen LogP contribution is -2.16. The Hall–Kier alpha value is -4.30. The number of benzene rings is 4. The first kappa shape index (κ1) is 26.3. The highest BCUT2D eigenvalue weighted by atomic mass is 35.5. The zero-order valence-electron chi connectivity index (χ0n) is 21.8. The van der Waals surface area contributed by atoms with E-state index in [0.29, 0.717) is 23.1 Å². The third-order valence-electron chi connectivity index (χ3n) is 6.25. The molecule has 0 aliphatic heterocycles. The number of rotatable bonds is 8.